The maximum Gasteiger partial charge on any atom is 0.341 e. The first-order valence-electron chi connectivity index (χ1n) is 3.79. The predicted octanol–water partition coefficient (Wildman–Crippen LogP) is 1.29. The Morgan fingerprint density at radius 3 is 2.00 bits per heavy atom. The van der Waals surface area contributed by atoms with E-state index in [1.807, 2.05) is 20.8 Å². The summed E-state index contributed by atoms with van der Waals surface area (Å²) in [7, 11) is 0. The Morgan fingerprint density at radius 2 is 1.83 bits per heavy atom. The molecular weight excluding hydrogens is 156 g/mol. The summed E-state index contributed by atoms with van der Waals surface area (Å²) in [6, 6.07) is 0. The minimum atomic E-state index is -0.583. The van der Waals surface area contributed by atoms with Gasteiger partial charge < -0.3 is 4.74 Å². The molecule has 1 aliphatic rings. The van der Waals surface area contributed by atoms with Crippen LogP contribution in [-0.2, 0) is 14.3 Å². The van der Waals surface area contributed by atoms with Gasteiger partial charge >= 0.3 is 11.9 Å². The SMILES string of the molecule is C=C1C(=O)OC(=O)C1C(C)(C)C. The van der Waals surface area contributed by atoms with Crippen LogP contribution in [0.2, 0.25) is 0 Å². The van der Waals surface area contributed by atoms with Crippen molar-refractivity contribution in [2.45, 2.75) is 20.8 Å². The zero-order valence-corrected chi connectivity index (χ0v) is 7.51. The Kier molecular flexibility index (Phi) is 1.82. The van der Waals surface area contributed by atoms with Gasteiger partial charge in [-0.25, -0.2) is 4.79 Å². The molecule has 66 valence electrons. The third-order valence-corrected chi connectivity index (χ3v) is 1.91. The number of esters is 2. The fourth-order valence-electron chi connectivity index (χ4n) is 1.35. The first kappa shape index (κ1) is 8.97. The van der Waals surface area contributed by atoms with Crippen molar-refractivity contribution in [3.63, 3.8) is 0 Å². The van der Waals surface area contributed by atoms with Crippen molar-refractivity contribution in [3.05, 3.63) is 12.2 Å². The summed E-state index contributed by atoms with van der Waals surface area (Å²) < 4.78 is 4.44. The van der Waals surface area contributed by atoms with Crippen LogP contribution in [0.15, 0.2) is 12.2 Å². The molecule has 0 aliphatic carbocycles. The largest absolute Gasteiger partial charge is 0.389 e. The molecule has 1 rings (SSSR count). The summed E-state index contributed by atoms with van der Waals surface area (Å²) in [4.78, 5) is 22.0. The van der Waals surface area contributed by atoms with Crippen molar-refractivity contribution in [1.29, 1.82) is 0 Å². The number of hydrogen-bond donors (Lipinski definition) is 0. The Hall–Kier alpha value is -1.12. The average molecular weight is 168 g/mol. The molecule has 12 heavy (non-hydrogen) atoms. The van der Waals surface area contributed by atoms with Gasteiger partial charge in [-0.2, -0.15) is 0 Å². The van der Waals surface area contributed by atoms with Gasteiger partial charge in [0.15, 0.2) is 0 Å². The van der Waals surface area contributed by atoms with E-state index >= 15 is 0 Å². The quantitative estimate of drug-likeness (QED) is 0.311. The smallest absolute Gasteiger partial charge is 0.341 e. The van der Waals surface area contributed by atoms with Gasteiger partial charge in [0.2, 0.25) is 0 Å². The molecule has 0 spiro atoms. The standard InChI is InChI=1S/C9H12O3/c1-5-6(9(2,3)4)8(11)12-7(5)10/h6H,1H2,2-4H3. The van der Waals surface area contributed by atoms with Crippen LogP contribution in [0.25, 0.3) is 0 Å². The van der Waals surface area contributed by atoms with Gasteiger partial charge in [0.05, 0.1) is 5.92 Å². The van der Waals surface area contributed by atoms with Crippen molar-refractivity contribution in [2.75, 3.05) is 0 Å². The molecule has 1 unspecified atom stereocenters. The van der Waals surface area contributed by atoms with Crippen LogP contribution in [0.4, 0.5) is 0 Å². The number of rotatable bonds is 0. The van der Waals surface area contributed by atoms with Gasteiger partial charge in [-0.15, -0.1) is 0 Å². The average Bonchev–Trinajstić information content (AvgIpc) is 2.05. The normalized spacial score (nSPS) is 24.6. The highest BCUT2D eigenvalue weighted by Gasteiger charge is 2.44. The topological polar surface area (TPSA) is 43.4 Å². The second kappa shape index (κ2) is 2.44. The van der Waals surface area contributed by atoms with Crippen LogP contribution in [0.3, 0.4) is 0 Å². The van der Waals surface area contributed by atoms with Crippen LogP contribution in [0.5, 0.6) is 0 Å². The molecule has 3 nitrogen and oxygen atoms in total. The number of hydrogen-bond acceptors (Lipinski definition) is 3. The van der Waals surface area contributed by atoms with Gasteiger partial charge in [0.1, 0.15) is 0 Å². The number of carbonyl (C=O) groups is 2. The molecule has 1 fully saturated rings. The van der Waals surface area contributed by atoms with E-state index in [4.69, 9.17) is 0 Å². The van der Waals surface area contributed by atoms with E-state index in [0.717, 1.165) is 0 Å². The van der Waals surface area contributed by atoms with E-state index in [0.29, 0.717) is 0 Å². The van der Waals surface area contributed by atoms with Gasteiger partial charge in [-0.05, 0) is 5.41 Å². The molecule has 0 amide bonds. The first-order valence-corrected chi connectivity index (χ1v) is 3.79. The zero-order chi connectivity index (χ0) is 9.52. The third-order valence-electron chi connectivity index (χ3n) is 1.91. The Balaban J connectivity index is 3.00. The van der Waals surface area contributed by atoms with Gasteiger partial charge in [-0.3, -0.25) is 4.79 Å². The number of cyclic esters (lactones) is 2. The summed E-state index contributed by atoms with van der Waals surface area (Å²) in [5.74, 6) is -1.54. The Bertz CT molecular complexity index is 257. The summed E-state index contributed by atoms with van der Waals surface area (Å²) in [5, 5.41) is 0. The fourth-order valence-corrected chi connectivity index (χ4v) is 1.35. The molecule has 0 saturated carbocycles. The van der Waals surface area contributed by atoms with Crippen molar-refractivity contribution >= 4 is 11.9 Å². The summed E-state index contributed by atoms with van der Waals surface area (Å²) in [5.41, 5.74) is -0.0205. The fraction of sp³-hybridized carbons (Fsp3) is 0.556. The van der Waals surface area contributed by atoms with Crippen LogP contribution in [-0.4, -0.2) is 11.9 Å². The van der Waals surface area contributed by atoms with E-state index in [-0.39, 0.29) is 11.0 Å². The minimum Gasteiger partial charge on any atom is -0.389 e. The van der Waals surface area contributed by atoms with Crippen LogP contribution < -0.4 is 0 Å². The van der Waals surface area contributed by atoms with Gasteiger partial charge in [0.25, 0.3) is 0 Å². The van der Waals surface area contributed by atoms with E-state index in [1.165, 1.54) is 0 Å². The van der Waals surface area contributed by atoms with E-state index in [9.17, 15) is 9.59 Å². The predicted molar refractivity (Wildman–Crippen MR) is 43.2 cm³/mol. The zero-order valence-electron chi connectivity index (χ0n) is 7.51. The van der Waals surface area contributed by atoms with Crippen molar-refractivity contribution in [1.82, 2.24) is 0 Å². The molecule has 1 aliphatic heterocycles. The number of carbonyl (C=O) groups excluding carboxylic acids is 2. The molecular formula is C9H12O3. The second-order valence-electron chi connectivity index (χ2n) is 4.03. The van der Waals surface area contributed by atoms with Crippen molar-refractivity contribution in [2.24, 2.45) is 11.3 Å². The molecule has 1 heterocycles. The third kappa shape index (κ3) is 1.26. The van der Waals surface area contributed by atoms with Crippen LogP contribution >= 0.6 is 0 Å². The lowest BCUT2D eigenvalue weighted by molar-refractivity contribution is -0.153. The van der Waals surface area contributed by atoms with Crippen molar-refractivity contribution in [3.8, 4) is 0 Å². The minimum absolute atomic E-state index is 0.271. The lowest BCUT2D eigenvalue weighted by Crippen LogP contribution is -2.25. The van der Waals surface area contributed by atoms with Crippen molar-refractivity contribution < 1.29 is 14.3 Å². The second-order valence-corrected chi connectivity index (χ2v) is 4.03. The van der Waals surface area contributed by atoms with Crippen LogP contribution in [0, 0.1) is 11.3 Å². The molecule has 0 aromatic carbocycles. The molecule has 0 aromatic rings. The first-order chi connectivity index (χ1) is 5.34. The maximum absolute atomic E-state index is 11.1. The lowest BCUT2D eigenvalue weighted by Gasteiger charge is -2.22. The summed E-state index contributed by atoms with van der Waals surface area (Å²) in [6.45, 7) is 9.17. The molecule has 1 saturated heterocycles. The van der Waals surface area contributed by atoms with Gasteiger partial charge in [0, 0.05) is 5.57 Å². The Morgan fingerprint density at radius 1 is 1.33 bits per heavy atom. The number of ether oxygens (including phenoxy) is 1. The highest BCUT2D eigenvalue weighted by Crippen LogP contribution is 2.36. The molecule has 0 aromatic heterocycles. The highest BCUT2D eigenvalue weighted by molar-refractivity contribution is 6.07. The molecule has 0 N–H and O–H groups in total. The molecule has 0 radical (unpaired) electrons. The van der Waals surface area contributed by atoms with Gasteiger partial charge in [-0.1, -0.05) is 27.4 Å². The Labute approximate surface area is 71.4 Å². The summed E-state index contributed by atoms with van der Waals surface area (Å²) in [6.07, 6.45) is 0. The van der Waals surface area contributed by atoms with E-state index in [1.54, 1.807) is 0 Å². The summed E-state index contributed by atoms with van der Waals surface area (Å²) >= 11 is 0. The van der Waals surface area contributed by atoms with Crippen LogP contribution in [0.1, 0.15) is 20.8 Å². The molecule has 1 atom stereocenters. The highest BCUT2D eigenvalue weighted by atomic mass is 16.6. The lowest BCUT2D eigenvalue weighted by atomic mass is 9.78. The monoisotopic (exact) mass is 168 g/mol. The van der Waals surface area contributed by atoms with E-state index < -0.39 is 17.9 Å². The maximum atomic E-state index is 11.1. The molecule has 3 heteroatoms. The molecule has 0 bridgehead atoms. The van der Waals surface area contributed by atoms with E-state index in [2.05, 4.69) is 11.3 Å².